The summed E-state index contributed by atoms with van der Waals surface area (Å²) in [6.45, 7) is 7.03. The van der Waals surface area contributed by atoms with Gasteiger partial charge in [0.25, 0.3) is 11.8 Å². The number of benzene rings is 4. The Morgan fingerprint density at radius 3 is 1.25 bits per heavy atom. The van der Waals surface area contributed by atoms with Crippen molar-refractivity contribution >= 4 is 11.8 Å². The van der Waals surface area contributed by atoms with Crippen LogP contribution in [0.2, 0.25) is 0 Å². The van der Waals surface area contributed by atoms with Crippen LogP contribution in [0.25, 0.3) is 0 Å². The first-order chi connectivity index (χ1) is 23.6. The van der Waals surface area contributed by atoms with E-state index in [4.69, 9.17) is 9.47 Å². The fraction of sp³-hybridized carbons (Fsp3) is 0.381. The van der Waals surface area contributed by atoms with E-state index in [1.807, 2.05) is 119 Å². The van der Waals surface area contributed by atoms with Gasteiger partial charge >= 0.3 is 0 Å². The van der Waals surface area contributed by atoms with Gasteiger partial charge in [-0.1, -0.05) is 137 Å². The number of amides is 2. The number of nitrogens with zero attached hydrogens (tertiary/aromatic N) is 2. The molecule has 0 bridgehead atoms. The first-order valence-corrected chi connectivity index (χ1v) is 17.7. The van der Waals surface area contributed by atoms with Crippen LogP contribution in [0.15, 0.2) is 109 Å². The molecular weight excluding hydrogens is 596 g/mol. The summed E-state index contributed by atoms with van der Waals surface area (Å²) in [5.74, 6) is 0.954. The van der Waals surface area contributed by atoms with Crippen molar-refractivity contribution in [3.8, 4) is 11.5 Å². The van der Waals surface area contributed by atoms with Gasteiger partial charge in [0.1, 0.15) is 11.5 Å². The highest BCUT2D eigenvalue weighted by Crippen LogP contribution is 2.24. The monoisotopic (exact) mass is 648 g/mol. The smallest absolute Gasteiger partial charge is 0.257 e. The van der Waals surface area contributed by atoms with Crippen LogP contribution in [0.5, 0.6) is 11.5 Å². The zero-order valence-corrected chi connectivity index (χ0v) is 28.8. The predicted octanol–water partition coefficient (Wildman–Crippen LogP) is 9.59. The van der Waals surface area contributed by atoms with Crippen LogP contribution in [-0.2, 0) is 13.1 Å². The number of carbonyl (C=O) groups excluding carboxylic acids is 2. The molecule has 0 spiro atoms. The summed E-state index contributed by atoms with van der Waals surface area (Å²) in [7, 11) is 0. The topological polar surface area (TPSA) is 59.1 Å². The van der Waals surface area contributed by atoms with Gasteiger partial charge < -0.3 is 19.3 Å². The molecule has 0 N–H and O–H groups in total. The van der Waals surface area contributed by atoms with E-state index >= 15 is 0 Å². The maximum absolute atomic E-state index is 14.3. The molecule has 4 rings (SSSR count). The van der Waals surface area contributed by atoms with Crippen LogP contribution in [0.3, 0.4) is 0 Å². The first-order valence-electron chi connectivity index (χ1n) is 17.7. The quantitative estimate of drug-likeness (QED) is 0.0845. The minimum Gasteiger partial charge on any atom is -0.493 e. The average molecular weight is 649 g/mol. The highest BCUT2D eigenvalue weighted by molar-refractivity contribution is 5.98. The number of hydrogen-bond donors (Lipinski definition) is 0. The molecule has 48 heavy (non-hydrogen) atoms. The second-order valence-corrected chi connectivity index (χ2v) is 12.2. The molecule has 0 aliphatic rings. The summed E-state index contributed by atoms with van der Waals surface area (Å²) in [5, 5.41) is 0. The zero-order valence-electron chi connectivity index (χ0n) is 28.8. The molecule has 0 aliphatic heterocycles. The Labute approximate surface area is 287 Å². The maximum Gasteiger partial charge on any atom is 0.257 e. The van der Waals surface area contributed by atoms with E-state index in [-0.39, 0.29) is 11.8 Å². The molecule has 0 fully saturated rings. The molecule has 0 saturated carbocycles. The highest BCUT2D eigenvalue weighted by atomic mass is 16.5. The molecule has 0 unspecified atom stereocenters. The van der Waals surface area contributed by atoms with Crippen molar-refractivity contribution in [1.29, 1.82) is 0 Å². The van der Waals surface area contributed by atoms with E-state index in [0.717, 1.165) is 49.7 Å². The zero-order chi connectivity index (χ0) is 33.8. The van der Waals surface area contributed by atoms with Gasteiger partial charge in [0.05, 0.1) is 24.3 Å². The Hall–Kier alpha value is -4.58. The molecule has 0 radical (unpaired) electrons. The molecule has 6 nitrogen and oxygen atoms in total. The molecule has 0 aromatic heterocycles. The van der Waals surface area contributed by atoms with Gasteiger partial charge in [0.2, 0.25) is 0 Å². The molecule has 0 saturated heterocycles. The second-order valence-electron chi connectivity index (χ2n) is 12.2. The minimum absolute atomic E-state index is 0.120. The lowest BCUT2D eigenvalue weighted by atomic mass is 10.1. The molecule has 254 valence electrons. The molecule has 0 heterocycles. The van der Waals surface area contributed by atoms with Gasteiger partial charge in [-0.15, -0.1) is 0 Å². The van der Waals surface area contributed by atoms with E-state index < -0.39 is 0 Å². The third kappa shape index (κ3) is 11.6. The fourth-order valence-corrected chi connectivity index (χ4v) is 5.65. The predicted molar refractivity (Wildman–Crippen MR) is 195 cm³/mol. The average Bonchev–Trinajstić information content (AvgIpc) is 3.13. The molecule has 0 aliphatic carbocycles. The van der Waals surface area contributed by atoms with Crippen molar-refractivity contribution in [3.63, 3.8) is 0 Å². The van der Waals surface area contributed by atoms with Crippen LogP contribution >= 0.6 is 0 Å². The van der Waals surface area contributed by atoms with Gasteiger partial charge in [-0.3, -0.25) is 9.59 Å². The number of rotatable bonds is 21. The first kappa shape index (κ1) is 36.3. The largest absolute Gasteiger partial charge is 0.493 e. The van der Waals surface area contributed by atoms with Crippen molar-refractivity contribution in [3.05, 3.63) is 131 Å². The van der Waals surface area contributed by atoms with E-state index in [9.17, 15) is 9.59 Å². The van der Waals surface area contributed by atoms with Crippen LogP contribution in [0, 0.1) is 0 Å². The number of ether oxygens (including phenoxy) is 2. The Bertz CT molecular complexity index is 1390. The molecule has 6 heteroatoms. The van der Waals surface area contributed by atoms with Crippen molar-refractivity contribution < 1.29 is 19.1 Å². The Morgan fingerprint density at radius 2 is 0.854 bits per heavy atom. The maximum atomic E-state index is 14.3. The third-order valence-corrected chi connectivity index (χ3v) is 8.39. The van der Waals surface area contributed by atoms with Gasteiger partial charge in [-0.25, -0.2) is 0 Å². The van der Waals surface area contributed by atoms with Crippen LogP contribution in [0.1, 0.15) is 97.1 Å². The van der Waals surface area contributed by atoms with Gasteiger partial charge in [-0.2, -0.15) is 0 Å². The third-order valence-electron chi connectivity index (χ3n) is 8.39. The lowest BCUT2D eigenvalue weighted by Crippen LogP contribution is -2.41. The Balaban J connectivity index is 1.57. The number of para-hydroxylation sites is 2. The lowest BCUT2D eigenvalue weighted by Gasteiger charge is -2.29. The summed E-state index contributed by atoms with van der Waals surface area (Å²) in [6.07, 6.45) is 8.76. The van der Waals surface area contributed by atoms with Crippen molar-refractivity contribution in [2.24, 2.45) is 0 Å². The Morgan fingerprint density at radius 1 is 0.479 bits per heavy atom. The molecule has 4 aromatic carbocycles. The standard InChI is InChI=1S/C42H52N2O4/c1-3-5-7-19-31-47-39-27-17-15-25-37(39)41(45)43(33-35-21-11-9-12-22-35)29-30-44(34-36-23-13-10-14-24-36)42(46)38-26-16-18-28-40(38)48-32-20-8-6-4-2/h9-18,21-28H,3-8,19-20,29-34H2,1-2H3. The molecule has 0 atom stereocenters. The van der Waals surface area contributed by atoms with Crippen molar-refractivity contribution in [1.82, 2.24) is 9.80 Å². The number of unbranched alkanes of at least 4 members (excludes halogenated alkanes) is 6. The second kappa shape index (κ2) is 20.6. The van der Waals surface area contributed by atoms with Crippen LogP contribution in [0.4, 0.5) is 0 Å². The summed E-state index contributed by atoms with van der Waals surface area (Å²) < 4.78 is 12.3. The van der Waals surface area contributed by atoms with Gasteiger partial charge in [0.15, 0.2) is 0 Å². The van der Waals surface area contributed by atoms with Crippen LogP contribution in [-0.4, -0.2) is 47.9 Å². The number of hydrogen-bond acceptors (Lipinski definition) is 4. The fourth-order valence-electron chi connectivity index (χ4n) is 5.65. The minimum atomic E-state index is -0.120. The molecule has 4 aromatic rings. The van der Waals surface area contributed by atoms with E-state index in [2.05, 4.69) is 13.8 Å². The van der Waals surface area contributed by atoms with Gasteiger partial charge in [0, 0.05) is 26.2 Å². The van der Waals surface area contributed by atoms with Crippen LogP contribution < -0.4 is 9.47 Å². The highest BCUT2D eigenvalue weighted by Gasteiger charge is 2.24. The summed E-state index contributed by atoms with van der Waals surface area (Å²) in [5.41, 5.74) is 3.11. The summed E-state index contributed by atoms with van der Waals surface area (Å²) in [4.78, 5) is 32.2. The SMILES string of the molecule is CCCCCCOc1ccccc1C(=O)N(CCN(Cc1ccccc1)C(=O)c1ccccc1OCCCCCC)Cc1ccccc1. The normalized spacial score (nSPS) is 10.8. The van der Waals surface area contributed by atoms with E-state index in [0.29, 0.717) is 62.0 Å². The Kier molecular flexibility index (Phi) is 15.6. The van der Waals surface area contributed by atoms with Gasteiger partial charge in [-0.05, 0) is 48.2 Å². The number of carbonyl (C=O) groups is 2. The van der Waals surface area contributed by atoms with E-state index in [1.54, 1.807) is 0 Å². The lowest BCUT2D eigenvalue weighted by molar-refractivity contribution is 0.0639. The summed E-state index contributed by atoms with van der Waals surface area (Å²) >= 11 is 0. The molecule has 2 amide bonds. The van der Waals surface area contributed by atoms with Crippen molar-refractivity contribution in [2.45, 2.75) is 78.3 Å². The van der Waals surface area contributed by atoms with E-state index in [1.165, 1.54) is 12.8 Å². The summed E-state index contributed by atoms with van der Waals surface area (Å²) in [6, 6.07) is 35.0. The molecular formula is C42H52N2O4. The van der Waals surface area contributed by atoms with Crippen molar-refractivity contribution in [2.75, 3.05) is 26.3 Å².